The largest absolute Gasteiger partial charge is 0.472 e. The number of unbranched alkanes of at least 4 members (excludes halogenated alkanes) is 14. The summed E-state index contributed by atoms with van der Waals surface area (Å²) in [6.07, 6.45) is 60.4. The minimum absolute atomic E-state index is 0.0230. The molecule has 0 amide bonds. The summed E-state index contributed by atoms with van der Waals surface area (Å²) in [5.41, 5.74) is 0. The van der Waals surface area contributed by atoms with E-state index in [-0.39, 0.29) is 32.0 Å². The zero-order valence-corrected chi connectivity index (χ0v) is 42.1. The fourth-order valence-corrected chi connectivity index (χ4v) is 6.95. The molecular weight excluding hydrogens is 822 g/mol. The minimum Gasteiger partial charge on any atom is -0.462 e. The summed E-state index contributed by atoms with van der Waals surface area (Å²) in [5, 5.41) is 0. The lowest BCUT2D eigenvalue weighted by Crippen LogP contribution is -2.37. The highest BCUT2D eigenvalue weighted by atomic mass is 31.2. The Morgan fingerprint density at radius 1 is 0.500 bits per heavy atom. The molecule has 0 heterocycles. The maximum absolute atomic E-state index is 12.7. The molecule has 1 N–H and O–H groups in total. The van der Waals surface area contributed by atoms with Crippen molar-refractivity contribution in [3.63, 3.8) is 0 Å². The summed E-state index contributed by atoms with van der Waals surface area (Å²) < 4.78 is 34.3. The number of quaternary nitrogens is 1. The van der Waals surface area contributed by atoms with Gasteiger partial charge in [-0.3, -0.25) is 18.6 Å². The second kappa shape index (κ2) is 45.1. The Bertz CT molecular complexity index is 1400. The molecule has 0 aromatic carbocycles. The molecule has 0 aliphatic heterocycles. The lowest BCUT2D eigenvalue weighted by Gasteiger charge is -2.24. The molecule has 9 nitrogen and oxygen atoms in total. The average Bonchev–Trinajstić information content (AvgIpc) is 3.25. The molecule has 0 radical (unpaired) electrons. The maximum Gasteiger partial charge on any atom is 0.472 e. The van der Waals surface area contributed by atoms with Gasteiger partial charge in [-0.25, -0.2) is 4.57 Å². The van der Waals surface area contributed by atoms with E-state index in [1.54, 1.807) is 0 Å². The summed E-state index contributed by atoms with van der Waals surface area (Å²) in [4.78, 5) is 35.4. The molecule has 0 aliphatic carbocycles. The van der Waals surface area contributed by atoms with Crippen molar-refractivity contribution < 1.29 is 42.1 Å². The molecule has 0 aromatic rings. The lowest BCUT2D eigenvalue weighted by molar-refractivity contribution is -0.870. The van der Waals surface area contributed by atoms with Crippen molar-refractivity contribution in [3.05, 3.63) is 97.2 Å². The van der Waals surface area contributed by atoms with Gasteiger partial charge in [0.15, 0.2) is 6.10 Å². The van der Waals surface area contributed by atoms with Crippen molar-refractivity contribution in [3.8, 4) is 0 Å². The van der Waals surface area contributed by atoms with Gasteiger partial charge in [0.05, 0.1) is 27.7 Å². The number of phosphoric acid groups is 1. The van der Waals surface area contributed by atoms with Crippen molar-refractivity contribution in [1.29, 1.82) is 0 Å². The van der Waals surface area contributed by atoms with E-state index in [0.29, 0.717) is 17.4 Å². The molecule has 366 valence electrons. The molecule has 0 rings (SSSR count). The number of carbonyl (C=O) groups is 2. The van der Waals surface area contributed by atoms with E-state index in [4.69, 9.17) is 18.5 Å². The summed E-state index contributed by atoms with van der Waals surface area (Å²) in [7, 11) is 1.45. The first-order valence-corrected chi connectivity index (χ1v) is 26.5. The lowest BCUT2D eigenvalue weighted by atomic mass is 10.1. The minimum atomic E-state index is -4.39. The molecule has 2 unspecified atom stereocenters. The van der Waals surface area contributed by atoms with E-state index in [1.807, 2.05) is 21.1 Å². The van der Waals surface area contributed by atoms with Gasteiger partial charge in [0.25, 0.3) is 0 Å². The van der Waals surface area contributed by atoms with Crippen LogP contribution in [0.1, 0.15) is 181 Å². The Morgan fingerprint density at radius 2 is 0.891 bits per heavy atom. The molecule has 0 aliphatic rings. The number of hydrogen-bond donors (Lipinski definition) is 1. The quantitative estimate of drug-likeness (QED) is 0.0212. The third-order valence-electron chi connectivity index (χ3n) is 10.1. The van der Waals surface area contributed by atoms with Crippen LogP contribution >= 0.6 is 7.82 Å². The van der Waals surface area contributed by atoms with E-state index >= 15 is 0 Å². The highest BCUT2D eigenvalue weighted by Gasteiger charge is 2.27. The van der Waals surface area contributed by atoms with Gasteiger partial charge >= 0.3 is 19.8 Å². The van der Waals surface area contributed by atoms with E-state index < -0.39 is 26.5 Å². The highest BCUT2D eigenvalue weighted by Crippen LogP contribution is 2.43. The molecule has 0 bridgehead atoms. The Labute approximate surface area is 392 Å². The molecule has 64 heavy (non-hydrogen) atoms. The van der Waals surface area contributed by atoms with Crippen LogP contribution in [0.15, 0.2) is 97.2 Å². The zero-order chi connectivity index (χ0) is 47.1. The first-order valence-electron chi connectivity index (χ1n) is 25.0. The van der Waals surface area contributed by atoms with Crippen LogP contribution < -0.4 is 0 Å². The number of hydrogen-bond acceptors (Lipinski definition) is 7. The van der Waals surface area contributed by atoms with Crippen LogP contribution in [0.3, 0.4) is 0 Å². The van der Waals surface area contributed by atoms with Gasteiger partial charge in [-0.05, 0) is 89.9 Å². The second-order valence-corrected chi connectivity index (χ2v) is 18.9. The van der Waals surface area contributed by atoms with Crippen LogP contribution in [0.25, 0.3) is 0 Å². The van der Waals surface area contributed by atoms with Gasteiger partial charge in [0.2, 0.25) is 0 Å². The number of ether oxygens (including phenoxy) is 2. The van der Waals surface area contributed by atoms with Gasteiger partial charge in [0, 0.05) is 12.8 Å². The average molecular weight is 915 g/mol. The summed E-state index contributed by atoms with van der Waals surface area (Å²) in [5.74, 6) is -0.831. The number of rotatable bonds is 44. The molecular formula is C54H93NO8P+. The van der Waals surface area contributed by atoms with Gasteiger partial charge in [-0.15, -0.1) is 0 Å². The summed E-state index contributed by atoms with van der Waals surface area (Å²) >= 11 is 0. The Morgan fingerprint density at radius 3 is 1.34 bits per heavy atom. The first kappa shape index (κ1) is 60.9. The number of likely N-dealkylation sites (N-methyl/N-ethyl adjacent to an activating group) is 1. The predicted octanol–water partition coefficient (Wildman–Crippen LogP) is 14.9. The van der Waals surface area contributed by atoms with Gasteiger partial charge in [-0.1, -0.05) is 175 Å². The predicted molar refractivity (Wildman–Crippen MR) is 270 cm³/mol. The van der Waals surface area contributed by atoms with Crippen LogP contribution in [0.4, 0.5) is 0 Å². The number of allylic oxidation sites excluding steroid dienone is 16. The Kier molecular flexibility index (Phi) is 42.9. The first-order chi connectivity index (χ1) is 31.0. The normalized spacial score (nSPS) is 14.3. The Balaban J connectivity index is 4.24. The second-order valence-electron chi connectivity index (χ2n) is 17.5. The van der Waals surface area contributed by atoms with Crippen LogP contribution in [-0.4, -0.2) is 74.9 Å². The monoisotopic (exact) mass is 915 g/mol. The number of esters is 2. The standard InChI is InChI=1S/C54H92NO8P/c1-6-8-10-12-14-16-18-19-20-21-22-23-24-25-26-27-28-29-30-31-32-33-34-35-37-39-41-43-45-47-54(57)63-52(51-62-64(58,59)61-49-48-55(3,4)5)50-60-53(56)46-44-42-40-38-36-17-15-13-11-9-7-2/h8,10,13-16,19-20,22-23,25-26,28-29,31-32,52H,6-7,9,11-12,17-18,21,24,27,30,33-51H2,1-5H3/p+1/b10-8-,15-13-,16-14-,20-19-,23-22-,26-25-,29-28-,32-31-. The number of phosphoric ester groups is 1. The van der Waals surface area contributed by atoms with Crippen molar-refractivity contribution in [2.75, 3.05) is 47.5 Å². The van der Waals surface area contributed by atoms with Crippen LogP contribution in [0.5, 0.6) is 0 Å². The molecule has 2 atom stereocenters. The van der Waals surface area contributed by atoms with Gasteiger partial charge in [0.1, 0.15) is 19.8 Å². The van der Waals surface area contributed by atoms with E-state index in [9.17, 15) is 19.0 Å². The smallest absolute Gasteiger partial charge is 0.462 e. The molecule has 0 aromatic heterocycles. The fraction of sp³-hybridized carbons (Fsp3) is 0.667. The number of nitrogens with zero attached hydrogens (tertiary/aromatic N) is 1. The van der Waals surface area contributed by atoms with E-state index in [1.165, 1.54) is 32.1 Å². The third-order valence-corrected chi connectivity index (χ3v) is 11.1. The van der Waals surface area contributed by atoms with Crippen molar-refractivity contribution in [2.24, 2.45) is 0 Å². The van der Waals surface area contributed by atoms with Crippen LogP contribution in [-0.2, 0) is 32.7 Å². The van der Waals surface area contributed by atoms with Crippen molar-refractivity contribution in [2.45, 2.75) is 187 Å². The summed E-state index contributed by atoms with van der Waals surface area (Å²) in [6.45, 7) is 4.23. The molecule has 0 saturated carbocycles. The maximum atomic E-state index is 12.7. The SMILES string of the molecule is CC/C=C\C/C=C\C/C=C\C/C=C\C/C=C\C/C=C\C/C=C\CCCCCCCCCC(=O)OC(COC(=O)CCCCCCC/C=C\CCCC)COP(=O)(O)OCC[N+](C)(C)C. The fourth-order valence-electron chi connectivity index (χ4n) is 6.21. The van der Waals surface area contributed by atoms with Gasteiger partial charge in [-0.2, -0.15) is 0 Å². The third kappa shape index (κ3) is 48.4. The number of carbonyl (C=O) groups excluding carboxylic acids is 2. The Hall–Kier alpha value is -3.07. The van der Waals surface area contributed by atoms with Crippen LogP contribution in [0, 0.1) is 0 Å². The topological polar surface area (TPSA) is 108 Å². The molecule has 0 saturated heterocycles. The van der Waals surface area contributed by atoms with E-state index in [0.717, 1.165) is 116 Å². The van der Waals surface area contributed by atoms with E-state index in [2.05, 4.69) is 111 Å². The molecule has 0 fully saturated rings. The summed E-state index contributed by atoms with van der Waals surface area (Å²) in [6, 6.07) is 0. The van der Waals surface area contributed by atoms with Crippen molar-refractivity contribution in [1.82, 2.24) is 0 Å². The molecule has 0 spiro atoms. The molecule has 10 heteroatoms. The van der Waals surface area contributed by atoms with Gasteiger partial charge < -0.3 is 18.9 Å². The van der Waals surface area contributed by atoms with Crippen LogP contribution in [0.2, 0.25) is 0 Å². The van der Waals surface area contributed by atoms with Crippen molar-refractivity contribution >= 4 is 19.8 Å². The highest BCUT2D eigenvalue weighted by molar-refractivity contribution is 7.47. The zero-order valence-electron chi connectivity index (χ0n) is 41.2.